The summed E-state index contributed by atoms with van der Waals surface area (Å²) in [5, 5.41) is 26.3. The number of aromatic nitrogens is 2. The molecular weight excluding hydrogens is 386 g/mol. The van der Waals surface area contributed by atoms with E-state index in [2.05, 4.69) is 15.5 Å². The number of carbonyl (C=O) groups is 1. The van der Waals surface area contributed by atoms with E-state index in [4.69, 9.17) is 0 Å². The van der Waals surface area contributed by atoms with E-state index < -0.39 is 22.3 Å². The number of carbonyl (C=O) groups excluding carboxylic acids is 1. The summed E-state index contributed by atoms with van der Waals surface area (Å²) in [5.74, 6) is -1.29. The zero-order valence-electron chi connectivity index (χ0n) is 14.8. The molecule has 2 heterocycles. The molecule has 0 atom stereocenters. The Morgan fingerprint density at radius 3 is 2.89 bits per heavy atom. The maximum absolute atomic E-state index is 12.5. The van der Waals surface area contributed by atoms with E-state index in [1.165, 1.54) is 34.5 Å². The maximum Gasteiger partial charge on any atom is 0.262 e. The van der Waals surface area contributed by atoms with Crippen LogP contribution in [0.25, 0.3) is 10.2 Å². The quantitative estimate of drug-likeness (QED) is 0.387. The fourth-order valence-electron chi connectivity index (χ4n) is 2.51. The molecule has 28 heavy (non-hydrogen) atoms. The van der Waals surface area contributed by atoms with Gasteiger partial charge in [0.1, 0.15) is 11.4 Å². The first-order valence-electron chi connectivity index (χ1n) is 8.00. The molecule has 0 aliphatic rings. The van der Waals surface area contributed by atoms with Gasteiger partial charge >= 0.3 is 0 Å². The number of nitro groups is 1. The summed E-state index contributed by atoms with van der Waals surface area (Å²) in [6.07, 6.45) is 2.47. The van der Waals surface area contributed by atoms with Crippen LogP contribution in [-0.2, 0) is 11.3 Å². The van der Waals surface area contributed by atoms with Gasteiger partial charge < -0.3 is 5.11 Å². The minimum atomic E-state index is -0.790. The monoisotopic (exact) mass is 400 g/mol. The van der Waals surface area contributed by atoms with Crippen LogP contribution >= 0.6 is 11.3 Å². The fraction of sp³-hybridized carbons (Fsp3) is 0.176. The molecule has 0 unspecified atom stereocenters. The standard InChI is InChI=1S/C17H15N5O5S/c1-9-10(2)28-16-15(9)17(25)21(8-18-16)7-14(24)20-19-6-11-3-4-13(23)12(5-11)22(26)27/h3-6,8,23H,7H2,1-2H3,(H,20,24)/p-1/b19-6-. The van der Waals surface area contributed by atoms with Gasteiger partial charge in [-0.25, -0.2) is 10.4 Å². The molecule has 0 saturated heterocycles. The number of fused-ring (bicyclic) bond motifs is 1. The third kappa shape index (κ3) is 3.74. The lowest BCUT2D eigenvalue weighted by molar-refractivity contribution is -0.398. The van der Waals surface area contributed by atoms with E-state index in [1.54, 1.807) is 0 Å². The van der Waals surface area contributed by atoms with E-state index in [1.807, 2.05) is 13.8 Å². The van der Waals surface area contributed by atoms with Crippen LogP contribution < -0.4 is 16.1 Å². The van der Waals surface area contributed by atoms with E-state index >= 15 is 0 Å². The number of hydrogen-bond donors (Lipinski definition) is 1. The molecule has 1 amide bonds. The SMILES string of the molecule is Cc1sc2ncn(CC(=O)N/N=C\c3ccc([O-])c([N+](=O)[O-])c3)c(=O)c2c1C. The summed E-state index contributed by atoms with van der Waals surface area (Å²) in [7, 11) is 0. The highest BCUT2D eigenvalue weighted by atomic mass is 32.1. The summed E-state index contributed by atoms with van der Waals surface area (Å²) in [5.41, 5.74) is 2.46. The zero-order valence-corrected chi connectivity index (χ0v) is 15.6. The van der Waals surface area contributed by atoms with Gasteiger partial charge in [0.25, 0.3) is 17.2 Å². The largest absolute Gasteiger partial charge is 0.868 e. The summed E-state index contributed by atoms with van der Waals surface area (Å²) in [6, 6.07) is 3.45. The molecule has 2 aromatic heterocycles. The van der Waals surface area contributed by atoms with Crippen LogP contribution in [0.5, 0.6) is 5.75 Å². The predicted molar refractivity (Wildman–Crippen MR) is 102 cm³/mol. The van der Waals surface area contributed by atoms with Gasteiger partial charge in [-0.2, -0.15) is 5.10 Å². The van der Waals surface area contributed by atoms with Gasteiger partial charge in [0.15, 0.2) is 0 Å². The molecule has 1 N–H and O–H groups in total. The second-order valence-electron chi connectivity index (χ2n) is 5.92. The van der Waals surface area contributed by atoms with Crippen molar-refractivity contribution in [1.82, 2.24) is 15.0 Å². The highest BCUT2D eigenvalue weighted by Crippen LogP contribution is 2.25. The first-order chi connectivity index (χ1) is 13.3. The van der Waals surface area contributed by atoms with Crippen LogP contribution in [0.4, 0.5) is 5.69 Å². The lowest BCUT2D eigenvalue weighted by Crippen LogP contribution is -2.30. The number of nitrogens with zero attached hydrogens (tertiary/aromatic N) is 4. The molecule has 0 aliphatic carbocycles. The number of rotatable bonds is 5. The Bertz CT molecular complexity index is 1180. The number of hydrazone groups is 1. The van der Waals surface area contributed by atoms with E-state index in [0.717, 1.165) is 22.6 Å². The van der Waals surface area contributed by atoms with Gasteiger partial charge in [-0.05, 0) is 25.2 Å². The first kappa shape index (κ1) is 19.2. The van der Waals surface area contributed by atoms with Gasteiger partial charge in [-0.1, -0.05) is 12.1 Å². The molecule has 3 aromatic rings. The molecule has 3 rings (SSSR count). The zero-order chi connectivity index (χ0) is 20.4. The van der Waals surface area contributed by atoms with Crippen molar-refractivity contribution in [3.63, 3.8) is 0 Å². The number of thiophene rings is 1. The van der Waals surface area contributed by atoms with Gasteiger partial charge in [-0.3, -0.25) is 24.3 Å². The molecule has 0 spiro atoms. The number of amides is 1. The first-order valence-corrected chi connectivity index (χ1v) is 8.82. The van der Waals surface area contributed by atoms with Crippen LogP contribution in [-0.4, -0.2) is 26.6 Å². The predicted octanol–water partition coefficient (Wildman–Crippen LogP) is 1.21. The van der Waals surface area contributed by atoms with Crippen molar-refractivity contribution in [3.8, 4) is 5.75 Å². The molecule has 11 heteroatoms. The Morgan fingerprint density at radius 2 is 2.18 bits per heavy atom. The molecule has 0 aliphatic heterocycles. The molecule has 0 radical (unpaired) electrons. The van der Waals surface area contributed by atoms with E-state index in [-0.39, 0.29) is 17.7 Å². The van der Waals surface area contributed by atoms with Gasteiger partial charge in [-0.15, -0.1) is 11.3 Å². The van der Waals surface area contributed by atoms with Gasteiger partial charge in [0.05, 0.1) is 22.9 Å². The Morgan fingerprint density at radius 1 is 1.43 bits per heavy atom. The second-order valence-corrected chi connectivity index (χ2v) is 7.12. The molecule has 10 nitrogen and oxygen atoms in total. The summed E-state index contributed by atoms with van der Waals surface area (Å²) in [6.45, 7) is 3.45. The number of benzene rings is 1. The average molecular weight is 400 g/mol. The molecule has 0 fully saturated rings. The van der Waals surface area contributed by atoms with E-state index in [0.29, 0.717) is 10.2 Å². The van der Waals surface area contributed by atoms with Crippen molar-refractivity contribution >= 4 is 39.4 Å². The van der Waals surface area contributed by atoms with Crippen molar-refractivity contribution in [2.45, 2.75) is 20.4 Å². The van der Waals surface area contributed by atoms with Gasteiger partial charge in [0, 0.05) is 16.5 Å². The minimum absolute atomic E-state index is 0.274. The van der Waals surface area contributed by atoms with Crippen molar-refractivity contribution in [2.75, 3.05) is 0 Å². The number of aryl methyl sites for hydroxylation is 2. The van der Waals surface area contributed by atoms with Gasteiger partial charge in [0.2, 0.25) is 0 Å². The van der Waals surface area contributed by atoms with Crippen molar-refractivity contribution in [3.05, 3.63) is 61.0 Å². The maximum atomic E-state index is 12.5. The third-order valence-corrected chi connectivity index (χ3v) is 5.17. The lowest BCUT2D eigenvalue weighted by atomic mass is 10.2. The van der Waals surface area contributed by atoms with Crippen LogP contribution in [0, 0.1) is 24.0 Å². The lowest BCUT2D eigenvalue weighted by Gasteiger charge is -2.06. The normalized spacial score (nSPS) is 11.2. The summed E-state index contributed by atoms with van der Waals surface area (Å²) in [4.78, 5) is 40.4. The second kappa shape index (κ2) is 7.56. The smallest absolute Gasteiger partial charge is 0.262 e. The Hall–Kier alpha value is -3.60. The third-order valence-electron chi connectivity index (χ3n) is 4.05. The molecule has 1 aromatic carbocycles. The van der Waals surface area contributed by atoms with Crippen molar-refractivity contribution in [1.29, 1.82) is 0 Å². The van der Waals surface area contributed by atoms with Crippen LogP contribution in [0.2, 0.25) is 0 Å². The van der Waals surface area contributed by atoms with Crippen LogP contribution in [0.1, 0.15) is 16.0 Å². The number of nitrogens with one attached hydrogen (secondary N) is 1. The van der Waals surface area contributed by atoms with Crippen LogP contribution in [0.15, 0.2) is 34.4 Å². The minimum Gasteiger partial charge on any atom is -0.868 e. The topological polar surface area (TPSA) is 143 Å². The van der Waals surface area contributed by atoms with Crippen molar-refractivity contribution in [2.24, 2.45) is 5.10 Å². The Labute approximate surface area is 161 Å². The molecule has 0 bridgehead atoms. The summed E-state index contributed by atoms with van der Waals surface area (Å²) < 4.78 is 1.18. The fourth-order valence-corrected chi connectivity index (χ4v) is 3.50. The molecular formula is C17H14N5O5S-. The van der Waals surface area contributed by atoms with Crippen LogP contribution in [0.3, 0.4) is 0 Å². The summed E-state index contributed by atoms with van der Waals surface area (Å²) >= 11 is 1.42. The highest BCUT2D eigenvalue weighted by molar-refractivity contribution is 7.18. The molecule has 0 saturated carbocycles. The number of hydrogen-bond acceptors (Lipinski definition) is 8. The Balaban J connectivity index is 1.72. The Kier molecular flexibility index (Phi) is 5.18. The highest BCUT2D eigenvalue weighted by Gasteiger charge is 2.13. The number of nitro benzene ring substituents is 1. The average Bonchev–Trinajstić information content (AvgIpc) is 2.93. The van der Waals surface area contributed by atoms with Crippen molar-refractivity contribution < 1.29 is 14.8 Å². The molecule has 144 valence electrons. The van der Waals surface area contributed by atoms with E-state index in [9.17, 15) is 24.8 Å².